The second-order valence-corrected chi connectivity index (χ2v) is 8.60. The first-order valence-electron chi connectivity index (χ1n) is 10.9. The van der Waals surface area contributed by atoms with Gasteiger partial charge in [-0.3, -0.25) is 4.57 Å². The van der Waals surface area contributed by atoms with Crippen molar-refractivity contribution < 1.29 is 22.8 Å². The van der Waals surface area contributed by atoms with E-state index >= 15 is 0 Å². The van der Waals surface area contributed by atoms with Crippen LogP contribution in [0.25, 0.3) is 17.1 Å². The fourth-order valence-corrected chi connectivity index (χ4v) is 3.50. The minimum absolute atomic E-state index is 0.0787. The van der Waals surface area contributed by atoms with Crippen LogP contribution in [0.15, 0.2) is 59.9 Å². The number of aliphatic hydroxyl groups is 1. The molecular formula is C23H25ClF3N6O3P. The second kappa shape index (κ2) is 12.0. The predicted molar refractivity (Wildman–Crippen MR) is 137 cm³/mol. The van der Waals surface area contributed by atoms with Crippen molar-refractivity contribution in [1.29, 1.82) is 0 Å². The van der Waals surface area contributed by atoms with Gasteiger partial charge in [-0.1, -0.05) is 36.4 Å². The molecular weight excluding hydrogens is 532 g/mol. The van der Waals surface area contributed by atoms with Gasteiger partial charge >= 0.3 is 11.9 Å². The molecule has 37 heavy (non-hydrogen) atoms. The number of allylic oxidation sites excluding steroid dienone is 5. The lowest BCUT2D eigenvalue weighted by Gasteiger charge is -2.15. The molecule has 0 saturated heterocycles. The maximum atomic E-state index is 13.1. The molecule has 3 rings (SSSR count). The lowest BCUT2D eigenvalue weighted by atomic mass is 10.2. The van der Waals surface area contributed by atoms with E-state index in [4.69, 9.17) is 16.1 Å². The van der Waals surface area contributed by atoms with E-state index in [1.165, 1.54) is 28.9 Å². The highest BCUT2D eigenvalue weighted by Crippen LogP contribution is 2.25. The standard InChI is InChI=1S/C23H25ClF3N6O3P/c1-4-5-6-7-14(2)33-20(15(3)36-37)28-19(29-33)13-32-22(35)31(12-18(34)23(25,26)27)21(30-32)16-8-10-17(24)11-9-16/h4-11,15,18,34H,2,12-13,37H2,1,3H3/b5-4-,7-6-. The van der Waals surface area contributed by atoms with Crippen LogP contribution < -0.4 is 5.69 Å². The van der Waals surface area contributed by atoms with Crippen LogP contribution in [0.3, 0.4) is 0 Å². The van der Waals surface area contributed by atoms with Gasteiger partial charge in [0.2, 0.25) is 0 Å². The Morgan fingerprint density at radius 3 is 2.54 bits per heavy atom. The first kappa shape index (κ1) is 28.5. The molecule has 0 aliphatic heterocycles. The molecule has 0 radical (unpaired) electrons. The highest BCUT2D eigenvalue weighted by molar-refractivity contribution is 7.09. The molecule has 2 heterocycles. The molecule has 3 aromatic rings. The first-order valence-corrected chi connectivity index (χ1v) is 11.8. The predicted octanol–water partition coefficient (Wildman–Crippen LogP) is 4.40. The Bertz CT molecular complexity index is 1360. The first-order chi connectivity index (χ1) is 17.5. The normalized spacial score (nSPS) is 14.1. The zero-order chi connectivity index (χ0) is 27.3. The van der Waals surface area contributed by atoms with Crippen molar-refractivity contribution in [3.8, 4) is 11.4 Å². The molecule has 0 spiro atoms. The van der Waals surface area contributed by atoms with Gasteiger partial charge in [0.1, 0.15) is 12.6 Å². The van der Waals surface area contributed by atoms with Gasteiger partial charge in [0.25, 0.3) is 0 Å². The Hall–Kier alpha value is -3.05. The van der Waals surface area contributed by atoms with Crippen molar-refractivity contribution in [2.24, 2.45) is 0 Å². The summed E-state index contributed by atoms with van der Waals surface area (Å²) in [6, 6.07) is 6.04. The van der Waals surface area contributed by atoms with Crippen LogP contribution in [0.4, 0.5) is 13.2 Å². The molecule has 0 saturated carbocycles. The van der Waals surface area contributed by atoms with E-state index < -0.39 is 30.6 Å². The van der Waals surface area contributed by atoms with Crippen molar-refractivity contribution in [3.05, 3.63) is 82.3 Å². The van der Waals surface area contributed by atoms with E-state index in [2.05, 4.69) is 31.2 Å². The molecule has 3 atom stereocenters. The highest BCUT2D eigenvalue weighted by atomic mass is 35.5. The molecule has 0 amide bonds. The third-order valence-corrected chi connectivity index (χ3v) is 5.82. The fourth-order valence-electron chi connectivity index (χ4n) is 3.25. The molecule has 0 aliphatic carbocycles. The highest BCUT2D eigenvalue weighted by Gasteiger charge is 2.39. The summed E-state index contributed by atoms with van der Waals surface area (Å²) in [5.41, 5.74) is -0.0802. The molecule has 0 bridgehead atoms. The SMILES string of the molecule is C=C(/C=C\C=C/C)n1nc(Cn2nc(-c3ccc(Cl)cc3)n(CC(O)C(F)(F)F)c2=O)nc1C(C)OP. The average Bonchev–Trinajstić information content (AvgIpc) is 3.40. The van der Waals surface area contributed by atoms with Crippen LogP contribution in [0, 0.1) is 0 Å². The quantitative estimate of drug-likeness (QED) is 0.293. The zero-order valence-electron chi connectivity index (χ0n) is 19.9. The van der Waals surface area contributed by atoms with E-state index in [0.29, 0.717) is 22.1 Å². The topological polar surface area (TPSA) is 100.0 Å². The molecule has 1 N–H and O–H groups in total. The molecule has 3 unspecified atom stereocenters. The summed E-state index contributed by atoms with van der Waals surface area (Å²) in [6.45, 7) is 6.27. The van der Waals surface area contributed by atoms with Crippen molar-refractivity contribution in [2.45, 2.75) is 45.3 Å². The Morgan fingerprint density at radius 2 is 1.95 bits per heavy atom. The van der Waals surface area contributed by atoms with Crippen LogP contribution in [-0.2, 0) is 17.6 Å². The Morgan fingerprint density at radius 1 is 1.27 bits per heavy atom. The van der Waals surface area contributed by atoms with E-state index in [-0.39, 0.29) is 18.2 Å². The van der Waals surface area contributed by atoms with E-state index in [0.717, 1.165) is 9.25 Å². The van der Waals surface area contributed by atoms with E-state index in [1.807, 2.05) is 13.0 Å². The largest absolute Gasteiger partial charge is 0.416 e. The van der Waals surface area contributed by atoms with Crippen molar-refractivity contribution in [3.63, 3.8) is 0 Å². The molecule has 9 nitrogen and oxygen atoms in total. The van der Waals surface area contributed by atoms with Crippen molar-refractivity contribution in [1.82, 2.24) is 29.1 Å². The Balaban J connectivity index is 2.05. The van der Waals surface area contributed by atoms with Crippen LogP contribution in [0.1, 0.15) is 31.6 Å². The molecule has 1 aromatic carbocycles. The van der Waals surface area contributed by atoms with E-state index in [9.17, 15) is 23.1 Å². The number of alkyl halides is 3. The molecule has 14 heteroatoms. The summed E-state index contributed by atoms with van der Waals surface area (Å²) in [5.74, 6) is 0.457. The second-order valence-electron chi connectivity index (χ2n) is 7.89. The molecule has 0 aliphatic rings. The zero-order valence-corrected chi connectivity index (χ0v) is 21.8. The number of nitrogens with zero attached hydrogens (tertiary/aromatic N) is 6. The van der Waals surface area contributed by atoms with Crippen LogP contribution in [0.5, 0.6) is 0 Å². The minimum atomic E-state index is -4.93. The number of hydrogen-bond acceptors (Lipinski definition) is 6. The monoisotopic (exact) mass is 556 g/mol. The van der Waals surface area contributed by atoms with Gasteiger partial charge < -0.3 is 9.63 Å². The number of hydrogen-bond donors (Lipinski definition) is 1. The summed E-state index contributed by atoms with van der Waals surface area (Å²) < 4.78 is 47.7. The summed E-state index contributed by atoms with van der Waals surface area (Å²) in [4.78, 5) is 17.6. The van der Waals surface area contributed by atoms with Gasteiger partial charge in [-0.25, -0.2) is 19.1 Å². The van der Waals surface area contributed by atoms with E-state index in [1.54, 1.807) is 25.2 Å². The number of halogens is 4. The Kier molecular flexibility index (Phi) is 9.25. The van der Waals surface area contributed by atoms with Crippen molar-refractivity contribution >= 4 is 26.8 Å². The summed E-state index contributed by atoms with van der Waals surface area (Å²) in [5, 5.41) is 18.7. The lowest BCUT2D eigenvalue weighted by molar-refractivity contribution is -0.207. The van der Waals surface area contributed by atoms with Gasteiger partial charge in [-0.15, -0.1) is 10.2 Å². The van der Waals surface area contributed by atoms with Crippen LogP contribution in [-0.4, -0.2) is 46.5 Å². The number of benzene rings is 1. The molecule has 2 aromatic heterocycles. The smallest absolute Gasteiger partial charge is 0.382 e. The van der Waals surface area contributed by atoms with Gasteiger partial charge in [-0.2, -0.15) is 13.2 Å². The number of aromatic nitrogens is 6. The number of rotatable bonds is 10. The average molecular weight is 557 g/mol. The van der Waals surface area contributed by atoms with Crippen LogP contribution in [0.2, 0.25) is 5.02 Å². The maximum absolute atomic E-state index is 13.1. The molecule has 0 fully saturated rings. The van der Waals surface area contributed by atoms with Gasteiger partial charge in [0.05, 0.1) is 12.2 Å². The van der Waals surface area contributed by atoms with Crippen LogP contribution >= 0.6 is 21.1 Å². The third kappa shape index (κ3) is 6.84. The van der Waals surface area contributed by atoms with Gasteiger partial charge in [-0.05, 0) is 44.2 Å². The Labute approximate surface area is 217 Å². The van der Waals surface area contributed by atoms with Gasteiger partial charge in [0, 0.05) is 20.1 Å². The summed E-state index contributed by atoms with van der Waals surface area (Å²) in [6.07, 6.45) is -1.11. The summed E-state index contributed by atoms with van der Waals surface area (Å²) >= 11 is 5.92. The maximum Gasteiger partial charge on any atom is 0.416 e. The minimum Gasteiger partial charge on any atom is -0.382 e. The molecule has 198 valence electrons. The lowest BCUT2D eigenvalue weighted by Crippen LogP contribution is -2.37. The van der Waals surface area contributed by atoms with Gasteiger partial charge in [0.15, 0.2) is 23.6 Å². The number of aliphatic hydroxyl groups excluding tert-OH is 1. The summed E-state index contributed by atoms with van der Waals surface area (Å²) in [7, 11) is 2.14. The van der Waals surface area contributed by atoms with Crippen molar-refractivity contribution in [2.75, 3.05) is 0 Å². The third-order valence-electron chi connectivity index (χ3n) is 5.16. The fraction of sp³-hybridized carbons (Fsp3) is 0.304.